The first-order chi connectivity index (χ1) is 16.1. The Morgan fingerprint density at radius 1 is 0.971 bits per heavy atom. The van der Waals surface area contributed by atoms with Crippen molar-refractivity contribution in [1.29, 1.82) is 0 Å². The van der Waals surface area contributed by atoms with Gasteiger partial charge in [-0.25, -0.2) is 17.5 Å². The van der Waals surface area contributed by atoms with E-state index in [9.17, 15) is 32.0 Å². The zero-order valence-corrected chi connectivity index (χ0v) is 18.9. The maximum absolute atomic E-state index is 13.0. The molecular formula is C23H22FN3O6S. The van der Waals surface area contributed by atoms with Crippen LogP contribution >= 0.6 is 0 Å². The summed E-state index contributed by atoms with van der Waals surface area (Å²) < 4.78 is 39.9. The molecule has 2 aromatic rings. The average molecular weight is 488 g/mol. The normalized spacial score (nSPS) is 18.3. The number of carbonyl (C=O) groups excluding carboxylic acids is 4. The Balaban J connectivity index is 1.34. The van der Waals surface area contributed by atoms with Gasteiger partial charge in [0.15, 0.2) is 0 Å². The van der Waals surface area contributed by atoms with Gasteiger partial charge in [0.1, 0.15) is 11.9 Å². The molecule has 34 heavy (non-hydrogen) atoms. The van der Waals surface area contributed by atoms with Gasteiger partial charge in [0, 0.05) is 13.0 Å². The van der Waals surface area contributed by atoms with Gasteiger partial charge in [-0.3, -0.25) is 29.4 Å². The summed E-state index contributed by atoms with van der Waals surface area (Å²) in [6.45, 7) is 0.163. The maximum Gasteiger partial charge on any atom is 0.262 e. The quantitative estimate of drug-likeness (QED) is 0.426. The van der Waals surface area contributed by atoms with Gasteiger partial charge in [-0.2, -0.15) is 0 Å². The second kappa shape index (κ2) is 9.43. The molecule has 2 aliphatic rings. The molecule has 0 aromatic heterocycles. The summed E-state index contributed by atoms with van der Waals surface area (Å²) in [7, 11) is -3.60. The summed E-state index contributed by atoms with van der Waals surface area (Å²) in [5, 5.41) is 2.15. The molecule has 0 saturated carbocycles. The van der Waals surface area contributed by atoms with Crippen LogP contribution in [0.15, 0.2) is 42.5 Å². The Morgan fingerprint density at radius 3 is 2.35 bits per heavy atom. The zero-order chi connectivity index (χ0) is 24.5. The van der Waals surface area contributed by atoms with Crippen molar-refractivity contribution in [2.24, 2.45) is 0 Å². The molecule has 4 rings (SSSR count). The first-order valence-corrected chi connectivity index (χ1v) is 12.4. The van der Waals surface area contributed by atoms with Crippen molar-refractivity contribution in [3.63, 3.8) is 0 Å². The monoisotopic (exact) mass is 487 g/mol. The fourth-order valence-corrected chi connectivity index (χ4v) is 5.23. The highest BCUT2D eigenvalue weighted by atomic mass is 32.2. The van der Waals surface area contributed by atoms with Gasteiger partial charge in [-0.05, 0) is 54.7 Å². The summed E-state index contributed by atoms with van der Waals surface area (Å²) in [6, 6.07) is 8.99. The Hall–Kier alpha value is -3.44. The third-order valence-corrected chi connectivity index (χ3v) is 7.10. The second-order valence-corrected chi connectivity index (χ2v) is 10.0. The van der Waals surface area contributed by atoms with E-state index in [1.165, 1.54) is 30.3 Å². The molecule has 2 aliphatic heterocycles. The number of halogens is 1. The molecule has 2 aromatic carbocycles. The number of hydrogen-bond donors (Lipinski definition) is 2. The number of hydrogen-bond acceptors (Lipinski definition) is 6. The van der Waals surface area contributed by atoms with E-state index in [2.05, 4.69) is 10.0 Å². The number of imide groups is 2. The summed E-state index contributed by atoms with van der Waals surface area (Å²) in [5.41, 5.74) is 1.58. The highest BCUT2D eigenvalue weighted by Crippen LogP contribution is 2.28. The van der Waals surface area contributed by atoms with Crippen LogP contribution in [0.5, 0.6) is 0 Å². The van der Waals surface area contributed by atoms with E-state index >= 15 is 0 Å². The van der Waals surface area contributed by atoms with Crippen LogP contribution in [0.3, 0.4) is 0 Å². The van der Waals surface area contributed by atoms with E-state index in [0.717, 1.165) is 10.5 Å². The lowest BCUT2D eigenvalue weighted by Gasteiger charge is -2.27. The number of nitrogens with zero attached hydrogens (tertiary/aromatic N) is 1. The molecule has 1 atom stereocenters. The molecule has 0 aliphatic carbocycles. The molecular weight excluding hydrogens is 465 g/mol. The lowest BCUT2D eigenvalue weighted by Crippen LogP contribution is -2.54. The smallest absolute Gasteiger partial charge is 0.262 e. The largest absolute Gasteiger partial charge is 0.295 e. The summed E-state index contributed by atoms with van der Waals surface area (Å²) >= 11 is 0. The first kappa shape index (κ1) is 23.7. The number of aryl methyl sites for hydroxylation is 1. The van der Waals surface area contributed by atoms with Crippen LogP contribution in [0.1, 0.15) is 51.1 Å². The third kappa shape index (κ3) is 5.05. The minimum absolute atomic E-state index is 0.0477. The van der Waals surface area contributed by atoms with Crippen LogP contribution in [0.4, 0.5) is 4.39 Å². The number of amides is 4. The molecule has 1 fully saturated rings. The van der Waals surface area contributed by atoms with E-state index in [-0.39, 0.29) is 36.3 Å². The average Bonchev–Trinajstić information content (AvgIpc) is 3.03. The number of carbonyl (C=O) groups is 4. The molecule has 178 valence electrons. The van der Waals surface area contributed by atoms with Crippen LogP contribution in [0.2, 0.25) is 0 Å². The predicted molar refractivity (Wildman–Crippen MR) is 118 cm³/mol. The maximum atomic E-state index is 13.0. The van der Waals surface area contributed by atoms with E-state index in [4.69, 9.17) is 0 Å². The van der Waals surface area contributed by atoms with Crippen molar-refractivity contribution in [2.75, 3.05) is 6.54 Å². The molecule has 4 amide bonds. The van der Waals surface area contributed by atoms with Gasteiger partial charge < -0.3 is 0 Å². The van der Waals surface area contributed by atoms with Gasteiger partial charge in [0.05, 0.1) is 16.9 Å². The Labute approximate surface area is 195 Å². The number of piperidine rings is 1. The van der Waals surface area contributed by atoms with Crippen LogP contribution < -0.4 is 10.0 Å². The fourth-order valence-electron chi connectivity index (χ4n) is 4.04. The Kier molecular flexibility index (Phi) is 6.58. The number of benzene rings is 2. The number of fused-ring (bicyclic) bond motifs is 1. The third-order valence-electron chi connectivity index (χ3n) is 5.74. The zero-order valence-electron chi connectivity index (χ0n) is 18.0. The van der Waals surface area contributed by atoms with Crippen molar-refractivity contribution < 1.29 is 32.0 Å². The van der Waals surface area contributed by atoms with E-state index in [1.54, 1.807) is 12.1 Å². The van der Waals surface area contributed by atoms with E-state index < -0.39 is 45.5 Å². The summed E-state index contributed by atoms with van der Waals surface area (Å²) in [4.78, 5) is 50.0. The van der Waals surface area contributed by atoms with E-state index in [0.29, 0.717) is 18.4 Å². The molecule has 1 saturated heterocycles. The Morgan fingerprint density at radius 2 is 1.65 bits per heavy atom. The van der Waals surface area contributed by atoms with Crippen LogP contribution in [-0.2, 0) is 31.8 Å². The lowest BCUT2D eigenvalue weighted by atomic mass is 10.0. The molecule has 2 heterocycles. The Bertz CT molecular complexity index is 1280. The molecule has 2 N–H and O–H groups in total. The second-order valence-electron chi connectivity index (χ2n) is 8.21. The molecule has 1 unspecified atom stereocenters. The van der Waals surface area contributed by atoms with Crippen LogP contribution in [0.25, 0.3) is 0 Å². The topological polar surface area (TPSA) is 130 Å². The molecule has 0 bridgehead atoms. The predicted octanol–water partition coefficient (Wildman–Crippen LogP) is 1.28. The highest BCUT2D eigenvalue weighted by molar-refractivity contribution is 7.88. The van der Waals surface area contributed by atoms with E-state index in [1.807, 2.05) is 0 Å². The van der Waals surface area contributed by atoms with Crippen molar-refractivity contribution >= 4 is 33.7 Å². The standard InChI is InChI=1S/C23H22FN3O6S/c24-16-6-3-15(4-7-16)13-34(32,33)25-11-1-2-14-5-8-17-18(12-14)23(31)27(22(17)30)19-9-10-20(28)26-21(19)29/h3-8,12,19,25H,1-2,9-11,13H2,(H,26,28,29). The molecule has 0 spiro atoms. The molecule has 9 nitrogen and oxygen atoms in total. The van der Waals surface area contributed by atoms with Crippen molar-refractivity contribution in [3.8, 4) is 0 Å². The van der Waals surface area contributed by atoms with Gasteiger partial charge in [-0.1, -0.05) is 18.2 Å². The SMILES string of the molecule is O=C1CCC(N2C(=O)c3ccc(CCCNS(=O)(=O)Cc4ccc(F)cc4)cc3C2=O)C(=O)N1. The van der Waals surface area contributed by atoms with Gasteiger partial charge in [-0.15, -0.1) is 0 Å². The van der Waals surface area contributed by atoms with Crippen LogP contribution in [0, 0.1) is 5.82 Å². The van der Waals surface area contributed by atoms with Gasteiger partial charge in [0.2, 0.25) is 21.8 Å². The lowest BCUT2D eigenvalue weighted by molar-refractivity contribution is -0.136. The van der Waals surface area contributed by atoms with Crippen molar-refractivity contribution in [2.45, 2.75) is 37.5 Å². The molecule has 0 radical (unpaired) electrons. The summed E-state index contributed by atoms with van der Waals surface area (Å²) in [5.74, 6) is -2.97. The number of nitrogens with one attached hydrogen (secondary N) is 2. The van der Waals surface area contributed by atoms with Crippen LogP contribution in [-0.4, -0.2) is 49.5 Å². The minimum atomic E-state index is -3.60. The minimum Gasteiger partial charge on any atom is -0.295 e. The first-order valence-electron chi connectivity index (χ1n) is 10.7. The van der Waals surface area contributed by atoms with Crippen molar-refractivity contribution in [3.05, 3.63) is 70.5 Å². The molecule has 11 heteroatoms. The van der Waals surface area contributed by atoms with Crippen molar-refractivity contribution in [1.82, 2.24) is 14.9 Å². The highest BCUT2D eigenvalue weighted by Gasteiger charge is 2.44. The van der Waals surface area contributed by atoms with Gasteiger partial charge in [0.25, 0.3) is 11.8 Å². The summed E-state index contributed by atoms with van der Waals surface area (Å²) in [6.07, 6.45) is 1.03. The number of rotatable bonds is 8. The number of sulfonamides is 1. The van der Waals surface area contributed by atoms with Gasteiger partial charge >= 0.3 is 0 Å². The fraction of sp³-hybridized carbons (Fsp3) is 0.304.